The van der Waals surface area contributed by atoms with Crippen LogP contribution < -0.4 is 0 Å². The molecular weight excluding hydrogens is 226 g/mol. The lowest BCUT2D eigenvalue weighted by atomic mass is 9.71. The number of allylic oxidation sites excluding steroid dienone is 4. The topological polar surface area (TPSA) is 29.5 Å². The van der Waals surface area contributed by atoms with Crippen molar-refractivity contribution in [1.82, 2.24) is 4.90 Å². The van der Waals surface area contributed by atoms with Gasteiger partial charge in [-0.25, -0.2) is 4.79 Å². The molecule has 0 N–H and O–H groups in total. The molecule has 0 aromatic rings. The first-order valence-electron chi connectivity index (χ1n) is 6.95. The van der Waals surface area contributed by atoms with E-state index in [1.54, 1.807) is 0 Å². The Morgan fingerprint density at radius 2 is 2.17 bits per heavy atom. The van der Waals surface area contributed by atoms with E-state index in [9.17, 15) is 4.79 Å². The van der Waals surface area contributed by atoms with Crippen LogP contribution in [0.3, 0.4) is 0 Å². The van der Waals surface area contributed by atoms with Crippen LogP contribution in [0, 0.1) is 5.41 Å². The summed E-state index contributed by atoms with van der Waals surface area (Å²) in [6.45, 7) is 6.07. The van der Waals surface area contributed by atoms with Crippen LogP contribution in [0.15, 0.2) is 23.8 Å². The average Bonchev–Trinajstić information content (AvgIpc) is 2.41. The Labute approximate surface area is 109 Å². The van der Waals surface area contributed by atoms with E-state index < -0.39 is 0 Å². The van der Waals surface area contributed by atoms with E-state index in [-0.39, 0.29) is 6.09 Å². The third-order valence-electron chi connectivity index (χ3n) is 4.22. The highest BCUT2D eigenvalue weighted by Gasteiger charge is 2.35. The summed E-state index contributed by atoms with van der Waals surface area (Å²) in [5, 5.41) is 0. The van der Waals surface area contributed by atoms with Gasteiger partial charge in [0.2, 0.25) is 0 Å². The van der Waals surface area contributed by atoms with Gasteiger partial charge in [-0.2, -0.15) is 0 Å². The van der Waals surface area contributed by atoms with Crippen molar-refractivity contribution < 1.29 is 9.53 Å². The number of likely N-dealkylation sites (tertiary alicyclic amines) is 1. The number of hydrogen-bond acceptors (Lipinski definition) is 2. The monoisotopic (exact) mass is 249 g/mol. The number of carbonyl (C=O) groups is 1. The van der Waals surface area contributed by atoms with Gasteiger partial charge in [-0.05, 0) is 44.9 Å². The minimum atomic E-state index is -0.152. The second-order valence-electron chi connectivity index (χ2n) is 5.25. The third-order valence-corrected chi connectivity index (χ3v) is 4.22. The second kappa shape index (κ2) is 5.59. The summed E-state index contributed by atoms with van der Waals surface area (Å²) in [5.41, 5.74) is 1.77. The molecule has 0 atom stereocenters. The first-order chi connectivity index (χ1) is 8.69. The van der Waals surface area contributed by atoms with Crippen LogP contribution in [0.5, 0.6) is 0 Å². The SMILES string of the molecule is CC=C1C=CC2(CC1)CCN(C(=O)OCC)CC2. The Morgan fingerprint density at radius 3 is 2.67 bits per heavy atom. The number of carbonyl (C=O) groups excluding carboxylic acids is 1. The Kier molecular flexibility index (Phi) is 4.10. The van der Waals surface area contributed by atoms with Crippen LogP contribution in [0.4, 0.5) is 4.79 Å². The number of ether oxygens (including phenoxy) is 1. The first-order valence-corrected chi connectivity index (χ1v) is 6.95. The number of rotatable bonds is 1. The van der Waals surface area contributed by atoms with Crippen LogP contribution in [0.1, 0.15) is 39.5 Å². The lowest BCUT2D eigenvalue weighted by molar-refractivity contribution is 0.0781. The summed E-state index contributed by atoms with van der Waals surface area (Å²) >= 11 is 0. The standard InChI is InChI=1S/C15H23NO2/c1-3-13-5-7-15(8-6-13)9-11-16(12-10-15)14(17)18-4-2/h3,5,7H,4,6,8-12H2,1-2H3. The molecule has 0 unspecified atom stereocenters. The van der Waals surface area contributed by atoms with Crippen LogP contribution in [-0.2, 0) is 4.74 Å². The summed E-state index contributed by atoms with van der Waals surface area (Å²) in [5.74, 6) is 0. The van der Waals surface area contributed by atoms with Gasteiger partial charge in [0.05, 0.1) is 6.61 Å². The molecule has 0 bridgehead atoms. The van der Waals surface area contributed by atoms with Crippen LogP contribution >= 0.6 is 0 Å². The molecule has 3 nitrogen and oxygen atoms in total. The molecule has 0 aromatic heterocycles. The van der Waals surface area contributed by atoms with E-state index in [1.807, 2.05) is 11.8 Å². The Hall–Kier alpha value is -1.25. The molecule has 1 amide bonds. The number of hydrogen-bond donors (Lipinski definition) is 0. The maximum Gasteiger partial charge on any atom is 0.409 e. The molecule has 1 heterocycles. The summed E-state index contributed by atoms with van der Waals surface area (Å²) in [4.78, 5) is 13.5. The Balaban J connectivity index is 1.92. The molecule has 3 heteroatoms. The van der Waals surface area contributed by atoms with Crippen molar-refractivity contribution in [1.29, 1.82) is 0 Å². The van der Waals surface area contributed by atoms with Gasteiger partial charge in [0.1, 0.15) is 0 Å². The zero-order chi connectivity index (χ0) is 13.0. The highest BCUT2D eigenvalue weighted by atomic mass is 16.6. The minimum absolute atomic E-state index is 0.152. The summed E-state index contributed by atoms with van der Waals surface area (Å²) < 4.78 is 5.05. The van der Waals surface area contributed by atoms with Gasteiger partial charge < -0.3 is 9.64 Å². The molecule has 0 aromatic carbocycles. The van der Waals surface area contributed by atoms with E-state index in [0.717, 1.165) is 25.9 Å². The molecule has 2 rings (SSSR count). The van der Waals surface area contributed by atoms with Crippen LogP contribution in [0.25, 0.3) is 0 Å². The second-order valence-corrected chi connectivity index (χ2v) is 5.25. The lowest BCUT2D eigenvalue weighted by Gasteiger charge is -2.41. The van der Waals surface area contributed by atoms with Crippen molar-refractivity contribution in [2.45, 2.75) is 39.5 Å². The van der Waals surface area contributed by atoms with Gasteiger partial charge in [0.25, 0.3) is 0 Å². The molecular formula is C15H23NO2. The molecule has 100 valence electrons. The van der Waals surface area contributed by atoms with Crippen molar-refractivity contribution in [3.63, 3.8) is 0 Å². The van der Waals surface area contributed by atoms with E-state index in [1.165, 1.54) is 18.4 Å². The van der Waals surface area contributed by atoms with Gasteiger partial charge in [-0.15, -0.1) is 0 Å². The summed E-state index contributed by atoms with van der Waals surface area (Å²) in [6.07, 6.45) is 11.2. The fourth-order valence-corrected chi connectivity index (χ4v) is 2.85. The molecule has 1 aliphatic carbocycles. The average molecular weight is 249 g/mol. The maximum absolute atomic E-state index is 11.6. The van der Waals surface area contributed by atoms with E-state index >= 15 is 0 Å². The van der Waals surface area contributed by atoms with Crippen molar-refractivity contribution >= 4 is 6.09 Å². The smallest absolute Gasteiger partial charge is 0.409 e. The number of amides is 1. The van der Waals surface area contributed by atoms with Gasteiger partial charge >= 0.3 is 6.09 Å². The fourth-order valence-electron chi connectivity index (χ4n) is 2.85. The minimum Gasteiger partial charge on any atom is -0.450 e. The van der Waals surface area contributed by atoms with Crippen molar-refractivity contribution in [2.75, 3.05) is 19.7 Å². The maximum atomic E-state index is 11.6. The fraction of sp³-hybridized carbons (Fsp3) is 0.667. The molecule has 1 saturated heterocycles. The highest BCUT2D eigenvalue weighted by Crippen LogP contribution is 2.41. The normalized spacial score (nSPS) is 24.6. The predicted molar refractivity (Wildman–Crippen MR) is 72.4 cm³/mol. The quantitative estimate of drug-likeness (QED) is 0.711. The van der Waals surface area contributed by atoms with E-state index in [0.29, 0.717) is 12.0 Å². The third kappa shape index (κ3) is 2.77. The Morgan fingerprint density at radius 1 is 1.44 bits per heavy atom. The predicted octanol–water partition coefficient (Wildman–Crippen LogP) is 3.52. The van der Waals surface area contributed by atoms with Gasteiger partial charge in [-0.3, -0.25) is 0 Å². The lowest BCUT2D eigenvalue weighted by Crippen LogP contribution is -2.43. The first kappa shape index (κ1) is 13.2. The largest absolute Gasteiger partial charge is 0.450 e. The van der Waals surface area contributed by atoms with Crippen LogP contribution in [0.2, 0.25) is 0 Å². The van der Waals surface area contributed by atoms with E-state index in [2.05, 4.69) is 25.2 Å². The summed E-state index contributed by atoms with van der Waals surface area (Å²) in [7, 11) is 0. The number of piperidine rings is 1. The van der Waals surface area contributed by atoms with Crippen LogP contribution in [-0.4, -0.2) is 30.7 Å². The van der Waals surface area contributed by atoms with Gasteiger partial charge in [0, 0.05) is 13.1 Å². The Bertz CT molecular complexity index is 363. The molecule has 1 fully saturated rings. The molecule has 1 spiro atoms. The molecule has 0 radical (unpaired) electrons. The van der Waals surface area contributed by atoms with E-state index in [4.69, 9.17) is 4.74 Å². The van der Waals surface area contributed by atoms with Crippen molar-refractivity contribution in [3.05, 3.63) is 23.8 Å². The van der Waals surface area contributed by atoms with Gasteiger partial charge in [0.15, 0.2) is 0 Å². The molecule has 1 aliphatic heterocycles. The van der Waals surface area contributed by atoms with Gasteiger partial charge in [-0.1, -0.05) is 23.8 Å². The zero-order valence-corrected chi connectivity index (χ0v) is 11.4. The van der Waals surface area contributed by atoms with Crippen molar-refractivity contribution in [2.24, 2.45) is 5.41 Å². The highest BCUT2D eigenvalue weighted by molar-refractivity contribution is 5.67. The molecule has 2 aliphatic rings. The summed E-state index contributed by atoms with van der Waals surface area (Å²) in [6, 6.07) is 0. The molecule has 18 heavy (non-hydrogen) atoms. The number of nitrogens with zero attached hydrogens (tertiary/aromatic N) is 1. The molecule has 0 saturated carbocycles. The zero-order valence-electron chi connectivity index (χ0n) is 11.4. The van der Waals surface area contributed by atoms with Crippen molar-refractivity contribution in [3.8, 4) is 0 Å².